The number of carbonyl (C=O) groups is 1. The maximum absolute atomic E-state index is 12.6. The topological polar surface area (TPSA) is 84.5 Å². The largest absolute Gasteiger partial charge is 0.491 e. The van der Waals surface area contributed by atoms with Crippen molar-refractivity contribution in [3.05, 3.63) is 89.5 Å². The molecule has 0 aliphatic carbocycles. The molecule has 162 valence electrons. The molecule has 6 nitrogen and oxygen atoms in total. The van der Waals surface area contributed by atoms with Crippen LogP contribution in [0.15, 0.2) is 77.7 Å². The van der Waals surface area contributed by atoms with E-state index in [-0.39, 0.29) is 16.9 Å². The van der Waals surface area contributed by atoms with Crippen LogP contribution in [-0.4, -0.2) is 20.4 Å². The Balaban J connectivity index is 1.64. The van der Waals surface area contributed by atoms with Crippen LogP contribution in [0.5, 0.6) is 5.75 Å². The Labute approximate surface area is 183 Å². The molecule has 0 heterocycles. The Morgan fingerprint density at radius 2 is 1.65 bits per heavy atom. The quantitative estimate of drug-likeness (QED) is 0.542. The van der Waals surface area contributed by atoms with E-state index in [0.29, 0.717) is 17.8 Å². The van der Waals surface area contributed by atoms with Gasteiger partial charge in [-0.2, -0.15) is 0 Å². The molecule has 7 heteroatoms. The van der Waals surface area contributed by atoms with Crippen LogP contribution in [0.4, 0.5) is 5.69 Å². The van der Waals surface area contributed by atoms with Crippen LogP contribution in [0.3, 0.4) is 0 Å². The van der Waals surface area contributed by atoms with Crippen LogP contribution in [0.25, 0.3) is 0 Å². The highest BCUT2D eigenvalue weighted by atomic mass is 32.2. The molecule has 0 spiro atoms. The Bertz CT molecular complexity index is 1140. The van der Waals surface area contributed by atoms with Gasteiger partial charge in [-0.05, 0) is 68.8 Å². The van der Waals surface area contributed by atoms with E-state index in [2.05, 4.69) is 10.0 Å². The molecule has 0 radical (unpaired) electrons. The van der Waals surface area contributed by atoms with Crippen LogP contribution in [-0.2, 0) is 16.6 Å². The number of anilines is 1. The van der Waals surface area contributed by atoms with E-state index in [1.165, 1.54) is 6.07 Å². The van der Waals surface area contributed by atoms with Gasteiger partial charge in [0.05, 0.1) is 11.0 Å². The zero-order valence-electron chi connectivity index (χ0n) is 17.8. The standard InChI is InChI=1S/C24H26N2O4S/c1-17(2)30-22-11-9-19(10-12-22)16-25-24(27)20-5-4-6-21(15-20)26-31(28,29)23-13-7-18(3)8-14-23/h4-15,17,26H,16H2,1-3H3,(H,25,27). The van der Waals surface area contributed by atoms with Crippen LogP contribution in [0, 0.1) is 6.92 Å². The molecule has 0 bridgehead atoms. The minimum Gasteiger partial charge on any atom is -0.491 e. The second-order valence-electron chi connectivity index (χ2n) is 7.49. The molecule has 2 N–H and O–H groups in total. The highest BCUT2D eigenvalue weighted by molar-refractivity contribution is 7.92. The molecule has 3 aromatic carbocycles. The summed E-state index contributed by atoms with van der Waals surface area (Å²) < 4.78 is 33.3. The Hall–Kier alpha value is -3.32. The second kappa shape index (κ2) is 9.66. The number of ether oxygens (including phenoxy) is 1. The van der Waals surface area contributed by atoms with Gasteiger partial charge < -0.3 is 10.1 Å². The SMILES string of the molecule is Cc1ccc(S(=O)(=O)Nc2cccc(C(=O)NCc3ccc(OC(C)C)cc3)c2)cc1. The molecule has 0 aromatic heterocycles. The summed E-state index contributed by atoms with van der Waals surface area (Å²) in [6, 6.07) is 20.5. The minimum atomic E-state index is -3.73. The van der Waals surface area contributed by atoms with Gasteiger partial charge in [0.25, 0.3) is 15.9 Å². The highest BCUT2D eigenvalue weighted by Crippen LogP contribution is 2.18. The average Bonchev–Trinajstić information content (AvgIpc) is 2.73. The molecular formula is C24H26N2O4S. The summed E-state index contributed by atoms with van der Waals surface area (Å²) in [6.07, 6.45) is 0.0984. The lowest BCUT2D eigenvalue weighted by Crippen LogP contribution is -2.23. The third kappa shape index (κ3) is 6.33. The van der Waals surface area contributed by atoms with Crippen molar-refractivity contribution < 1.29 is 17.9 Å². The number of hydrogen-bond donors (Lipinski definition) is 2. The Morgan fingerprint density at radius 1 is 0.968 bits per heavy atom. The first kappa shape index (κ1) is 22.4. The lowest BCUT2D eigenvalue weighted by Gasteiger charge is -2.11. The molecular weight excluding hydrogens is 412 g/mol. The van der Waals surface area contributed by atoms with Crippen molar-refractivity contribution in [1.29, 1.82) is 0 Å². The summed E-state index contributed by atoms with van der Waals surface area (Å²) in [4.78, 5) is 12.7. The second-order valence-corrected chi connectivity index (χ2v) is 9.17. The van der Waals surface area contributed by atoms with E-state index in [1.807, 2.05) is 45.0 Å². The molecule has 0 aliphatic heterocycles. The number of nitrogens with one attached hydrogen (secondary N) is 2. The van der Waals surface area contributed by atoms with Crippen LogP contribution >= 0.6 is 0 Å². The van der Waals surface area contributed by atoms with Gasteiger partial charge in [0.15, 0.2) is 0 Å². The van der Waals surface area contributed by atoms with Crippen LogP contribution in [0.1, 0.15) is 35.3 Å². The number of amides is 1. The molecule has 0 saturated heterocycles. The summed E-state index contributed by atoms with van der Waals surface area (Å²) in [5.74, 6) is 0.484. The van der Waals surface area contributed by atoms with E-state index >= 15 is 0 Å². The van der Waals surface area contributed by atoms with Gasteiger partial charge in [0.1, 0.15) is 5.75 Å². The first-order chi connectivity index (χ1) is 14.7. The molecule has 0 fully saturated rings. The average molecular weight is 439 g/mol. The van der Waals surface area contributed by atoms with Crippen molar-refractivity contribution in [1.82, 2.24) is 5.32 Å². The van der Waals surface area contributed by atoms with Gasteiger partial charge in [0.2, 0.25) is 0 Å². The fourth-order valence-corrected chi connectivity index (χ4v) is 3.95. The van der Waals surface area contributed by atoms with Crippen molar-refractivity contribution in [3.63, 3.8) is 0 Å². The molecule has 0 aliphatic rings. The normalized spacial score (nSPS) is 11.2. The molecule has 1 amide bonds. The van der Waals surface area contributed by atoms with Gasteiger partial charge in [-0.3, -0.25) is 9.52 Å². The van der Waals surface area contributed by atoms with E-state index in [4.69, 9.17) is 4.74 Å². The Kier molecular flexibility index (Phi) is 6.97. The zero-order chi connectivity index (χ0) is 22.4. The number of sulfonamides is 1. The van der Waals surface area contributed by atoms with Crippen LogP contribution < -0.4 is 14.8 Å². The van der Waals surface area contributed by atoms with Crippen molar-refractivity contribution in [2.45, 2.75) is 38.3 Å². The maximum atomic E-state index is 12.6. The monoisotopic (exact) mass is 438 g/mol. The summed E-state index contributed by atoms with van der Waals surface area (Å²) in [6.45, 7) is 6.16. The number of carbonyl (C=O) groups excluding carboxylic acids is 1. The highest BCUT2D eigenvalue weighted by Gasteiger charge is 2.15. The fraction of sp³-hybridized carbons (Fsp3) is 0.208. The predicted octanol–water partition coefficient (Wildman–Crippen LogP) is 4.51. The molecule has 3 aromatic rings. The van der Waals surface area contributed by atoms with Crippen molar-refractivity contribution >= 4 is 21.6 Å². The fourth-order valence-electron chi connectivity index (χ4n) is 2.90. The van der Waals surface area contributed by atoms with Gasteiger partial charge in [0, 0.05) is 17.8 Å². The maximum Gasteiger partial charge on any atom is 0.261 e. The number of benzene rings is 3. The first-order valence-corrected chi connectivity index (χ1v) is 11.4. The lowest BCUT2D eigenvalue weighted by atomic mass is 10.1. The third-order valence-electron chi connectivity index (χ3n) is 4.46. The van der Waals surface area contributed by atoms with Crippen molar-refractivity contribution in [3.8, 4) is 5.75 Å². The summed E-state index contributed by atoms with van der Waals surface area (Å²) in [5, 5.41) is 2.85. The first-order valence-electron chi connectivity index (χ1n) is 9.96. The molecule has 31 heavy (non-hydrogen) atoms. The lowest BCUT2D eigenvalue weighted by molar-refractivity contribution is 0.0951. The van der Waals surface area contributed by atoms with Gasteiger partial charge in [-0.25, -0.2) is 8.42 Å². The minimum absolute atomic E-state index is 0.0984. The van der Waals surface area contributed by atoms with E-state index in [1.54, 1.807) is 42.5 Å². The summed E-state index contributed by atoms with van der Waals surface area (Å²) >= 11 is 0. The number of rotatable bonds is 8. The van der Waals surface area contributed by atoms with Crippen molar-refractivity contribution in [2.75, 3.05) is 4.72 Å². The number of hydrogen-bond acceptors (Lipinski definition) is 4. The smallest absolute Gasteiger partial charge is 0.261 e. The molecule has 0 unspecified atom stereocenters. The Morgan fingerprint density at radius 3 is 2.29 bits per heavy atom. The van der Waals surface area contributed by atoms with E-state index in [9.17, 15) is 13.2 Å². The van der Waals surface area contributed by atoms with E-state index < -0.39 is 10.0 Å². The van der Waals surface area contributed by atoms with E-state index in [0.717, 1.165) is 16.9 Å². The van der Waals surface area contributed by atoms with Gasteiger partial charge >= 0.3 is 0 Å². The van der Waals surface area contributed by atoms with Crippen LogP contribution in [0.2, 0.25) is 0 Å². The molecule has 3 rings (SSSR count). The van der Waals surface area contributed by atoms with Gasteiger partial charge in [-0.1, -0.05) is 35.9 Å². The summed E-state index contributed by atoms with van der Waals surface area (Å²) in [7, 11) is -3.73. The van der Waals surface area contributed by atoms with Gasteiger partial charge in [-0.15, -0.1) is 0 Å². The summed E-state index contributed by atoms with van der Waals surface area (Å²) in [5.41, 5.74) is 2.59. The number of aryl methyl sites for hydroxylation is 1. The molecule has 0 saturated carbocycles. The zero-order valence-corrected chi connectivity index (χ0v) is 18.6. The third-order valence-corrected chi connectivity index (χ3v) is 5.85. The van der Waals surface area contributed by atoms with Crippen molar-refractivity contribution in [2.24, 2.45) is 0 Å². The molecule has 0 atom stereocenters. The predicted molar refractivity (Wildman–Crippen MR) is 122 cm³/mol.